The molecule has 4 heteroatoms. The van der Waals surface area contributed by atoms with Gasteiger partial charge in [-0.15, -0.1) is 0 Å². The topological polar surface area (TPSA) is 55.6 Å². The smallest absolute Gasteiger partial charge is 0.219 e. The number of nitrogens with two attached hydrogens (primary N) is 1. The second-order valence-electron chi connectivity index (χ2n) is 3.23. The van der Waals surface area contributed by atoms with Gasteiger partial charge < -0.3 is 15.4 Å². The average Bonchev–Trinajstić information content (AvgIpc) is 2.03. The summed E-state index contributed by atoms with van der Waals surface area (Å²) in [6, 6.07) is 0. The second kappa shape index (κ2) is 3.87. The maximum Gasteiger partial charge on any atom is 0.219 e. The number of morpholine rings is 1. The molecule has 1 saturated heterocycles. The largest absolute Gasteiger partial charge is 0.370 e. The monoisotopic (exact) mass is 172 g/mol. The van der Waals surface area contributed by atoms with E-state index in [-0.39, 0.29) is 18.1 Å². The zero-order valence-electron chi connectivity index (χ0n) is 7.62. The number of amides is 1. The molecule has 4 nitrogen and oxygen atoms in total. The molecule has 0 saturated carbocycles. The van der Waals surface area contributed by atoms with Gasteiger partial charge >= 0.3 is 0 Å². The molecule has 0 radical (unpaired) electrons. The first-order chi connectivity index (χ1) is 5.63. The van der Waals surface area contributed by atoms with E-state index in [9.17, 15) is 4.79 Å². The molecular weight excluding hydrogens is 156 g/mol. The van der Waals surface area contributed by atoms with Crippen LogP contribution in [0.2, 0.25) is 0 Å². The van der Waals surface area contributed by atoms with Gasteiger partial charge in [-0.2, -0.15) is 0 Å². The van der Waals surface area contributed by atoms with Crippen LogP contribution >= 0.6 is 0 Å². The number of carbonyl (C=O) groups excluding carboxylic acids is 1. The summed E-state index contributed by atoms with van der Waals surface area (Å²) in [5, 5.41) is 0. The van der Waals surface area contributed by atoms with Gasteiger partial charge in [-0.3, -0.25) is 4.79 Å². The van der Waals surface area contributed by atoms with Crippen LogP contribution in [0.1, 0.15) is 13.8 Å². The highest BCUT2D eigenvalue weighted by Gasteiger charge is 2.25. The van der Waals surface area contributed by atoms with Gasteiger partial charge in [0.25, 0.3) is 0 Å². The number of carbonyl (C=O) groups is 1. The molecular formula is C8H16N2O2. The average molecular weight is 172 g/mol. The van der Waals surface area contributed by atoms with Gasteiger partial charge in [-0.25, -0.2) is 0 Å². The highest BCUT2D eigenvalue weighted by Crippen LogP contribution is 2.09. The third kappa shape index (κ3) is 2.19. The maximum absolute atomic E-state index is 11.0. The Labute approximate surface area is 72.7 Å². The van der Waals surface area contributed by atoms with E-state index in [1.54, 1.807) is 11.8 Å². The highest BCUT2D eigenvalue weighted by atomic mass is 16.5. The standard InChI is InChI=1S/C8H16N2O2/c1-6-4-10(7(2)11)5-8(3-9)12-6/h6,8H,3-5,9H2,1-2H3. The lowest BCUT2D eigenvalue weighted by molar-refractivity contribution is -0.141. The fourth-order valence-electron chi connectivity index (χ4n) is 1.43. The lowest BCUT2D eigenvalue weighted by Crippen LogP contribution is -2.50. The predicted molar refractivity (Wildman–Crippen MR) is 45.6 cm³/mol. The minimum absolute atomic E-state index is 0.0117. The maximum atomic E-state index is 11.0. The van der Waals surface area contributed by atoms with Gasteiger partial charge in [-0.1, -0.05) is 0 Å². The van der Waals surface area contributed by atoms with E-state index >= 15 is 0 Å². The van der Waals surface area contributed by atoms with Crippen LogP contribution in [0.5, 0.6) is 0 Å². The molecule has 2 unspecified atom stereocenters. The van der Waals surface area contributed by atoms with Crippen LogP contribution in [0, 0.1) is 0 Å². The van der Waals surface area contributed by atoms with Crippen LogP contribution in [-0.4, -0.2) is 42.6 Å². The Kier molecular flexibility index (Phi) is 3.05. The van der Waals surface area contributed by atoms with Crippen LogP contribution in [0.15, 0.2) is 0 Å². The summed E-state index contributed by atoms with van der Waals surface area (Å²) < 4.78 is 5.50. The van der Waals surface area contributed by atoms with Gasteiger partial charge in [0.1, 0.15) is 0 Å². The van der Waals surface area contributed by atoms with E-state index in [1.165, 1.54) is 0 Å². The molecule has 1 aliphatic rings. The summed E-state index contributed by atoms with van der Waals surface area (Å²) in [6.07, 6.45) is 0.119. The van der Waals surface area contributed by atoms with E-state index in [0.717, 1.165) is 0 Å². The van der Waals surface area contributed by atoms with Crippen molar-refractivity contribution in [2.75, 3.05) is 19.6 Å². The molecule has 0 aromatic heterocycles. The fourth-order valence-corrected chi connectivity index (χ4v) is 1.43. The summed E-state index contributed by atoms with van der Waals surface area (Å²) in [5.41, 5.74) is 5.46. The third-order valence-electron chi connectivity index (χ3n) is 2.03. The van der Waals surface area contributed by atoms with Crippen LogP contribution in [-0.2, 0) is 9.53 Å². The molecule has 2 atom stereocenters. The molecule has 1 aliphatic heterocycles. The number of hydrogen-bond donors (Lipinski definition) is 1. The SMILES string of the molecule is CC(=O)N1CC(C)OC(CN)C1. The number of rotatable bonds is 1. The summed E-state index contributed by atoms with van der Waals surface area (Å²) in [5.74, 6) is 0.101. The number of hydrogen-bond acceptors (Lipinski definition) is 3. The van der Waals surface area contributed by atoms with Crippen molar-refractivity contribution < 1.29 is 9.53 Å². The molecule has 0 aliphatic carbocycles. The Bertz CT molecular complexity index is 172. The first-order valence-corrected chi connectivity index (χ1v) is 4.24. The summed E-state index contributed by atoms with van der Waals surface area (Å²) >= 11 is 0. The molecule has 1 fully saturated rings. The molecule has 0 aromatic carbocycles. The Hall–Kier alpha value is -0.610. The van der Waals surface area contributed by atoms with E-state index in [0.29, 0.717) is 19.6 Å². The van der Waals surface area contributed by atoms with Crippen LogP contribution in [0.4, 0.5) is 0 Å². The summed E-state index contributed by atoms with van der Waals surface area (Å²) in [4.78, 5) is 12.8. The zero-order valence-corrected chi connectivity index (χ0v) is 7.62. The molecule has 0 bridgehead atoms. The van der Waals surface area contributed by atoms with Gasteiger partial charge in [0.15, 0.2) is 0 Å². The van der Waals surface area contributed by atoms with Gasteiger partial charge in [0.05, 0.1) is 12.2 Å². The second-order valence-corrected chi connectivity index (χ2v) is 3.23. The molecule has 0 aromatic rings. The van der Waals surface area contributed by atoms with Gasteiger partial charge in [0.2, 0.25) is 5.91 Å². The van der Waals surface area contributed by atoms with E-state index < -0.39 is 0 Å². The van der Waals surface area contributed by atoms with Crippen molar-refractivity contribution in [2.24, 2.45) is 5.73 Å². The minimum Gasteiger partial charge on any atom is -0.370 e. The molecule has 1 heterocycles. The minimum atomic E-state index is 0.0117. The third-order valence-corrected chi connectivity index (χ3v) is 2.03. The molecule has 2 N–H and O–H groups in total. The molecule has 12 heavy (non-hydrogen) atoms. The highest BCUT2D eigenvalue weighted by molar-refractivity contribution is 5.73. The quantitative estimate of drug-likeness (QED) is 0.584. The Morgan fingerprint density at radius 2 is 2.33 bits per heavy atom. The van der Waals surface area contributed by atoms with E-state index in [2.05, 4.69) is 0 Å². The van der Waals surface area contributed by atoms with Crippen LogP contribution < -0.4 is 5.73 Å². The number of nitrogens with zero attached hydrogens (tertiary/aromatic N) is 1. The normalized spacial score (nSPS) is 30.4. The summed E-state index contributed by atoms with van der Waals surface area (Å²) in [6.45, 7) is 5.33. The molecule has 1 rings (SSSR count). The van der Waals surface area contributed by atoms with Gasteiger partial charge in [-0.05, 0) is 6.92 Å². The fraction of sp³-hybridized carbons (Fsp3) is 0.875. The lowest BCUT2D eigenvalue weighted by Gasteiger charge is -2.35. The van der Waals surface area contributed by atoms with Crippen molar-refractivity contribution in [1.82, 2.24) is 4.90 Å². The predicted octanol–water partition coefficient (Wildman–Crippen LogP) is -0.419. The van der Waals surface area contributed by atoms with Crippen molar-refractivity contribution in [1.29, 1.82) is 0 Å². The lowest BCUT2D eigenvalue weighted by atomic mass is 10.2. The zero-order chi connectivity index (χ0) is 9.14. The van der Waals surface area contributed by atoms with E-state index in [4.69, 9.17) is 10.5 Å². The van der Waals surface area contributed by atoms with Crippen molar-refractivity contribution in [2.45, 2.75) is 26.1 Å². The van der Waals surface area contributed by atoms with Crippen molar-refractivity contribution in [3.8, 4) is 0 Å². The van der Waals surface area contributed by atoms with E-state index in [1.807, 2.05) is 6.92 Å². The first-order valence-electron chi connectivity index (χ1n) is 4.24. The molecule has 70 valence electrons. The van der Waals surface area contributed by atoms with Gasteiger partial charge in [0, 0.05) is 26.6 Å². The molecule has 0 spiro atoms. The van der Waals surface area contributed by atoms with Crippen molar-refractivity contribution in [3.63, 3.8) is 0 Å². The molecule has 1 amide bonds. The first kappa shape index (κ1) is 9.48. The Balaban J connectivity index is 2.51. The van der Waals surface area contributed by atoms with Crippen LogP contribution in [0.25, 0.3) is 0 Å². The Morgan fingerprint density at radius 3 is 2.83 bits per heavy atom. The number of ether oxygens (including phenoxy) is 1. The van der Waals surface area contributed by atoms with Crippen LogP contribution in [0.3, 0.4) is 0 Å². The van der Waals surface area contributed by atoms with Crippen molar-refractivity contribution >= 4 is 5.91 Å². The van der Waals surface area contributed by atoms with Crippen molar-refractivity contribution in [3.05, 3.63) is 0 Å². The summed E-state index contributed by atoms with van der Waals surface area (Å²) in [7, 11) is 0. The Morgan fingerprint density at radius 1 is 1.67 bits per heavy atom.